The number of aromatic nitrogens is 3. The third-order valence-electron chi connectivity index (χ3n) is 6.88. The predicted molar refractivity (Wildman–Crippen MR) is 157 cm³/mol. The molecule has 226 valence electrons. The summed E-state index contributed by atoms with van der Waals surface area (Å²) in [5, 5.41) is 14.5. The first-order chi connectivity index (χ1) is 20.1. The van der Waals surface area contributed by atoms with Crippen LogP contribution in [0.5, 0.6) is 0 Å². The summed E-state index contributed by atoms with van der Waals surface area (Å²) in [6.45, 7) is 1.68. The zero-order valence-electron chi connectivity index (χ0n) is 23.6. The fourth-order valence-corrected chi connectivity index (χ4v) is 4.76. The number of carbonyl (C=O) groups excluding carboxylic acids is 4. The summed E-state index contributed by atoms with van der Waals surface area (Å²) in [5.74, 6) is -0.0737. The molecule has 1 aliphatic carbocycles. The number of carbonyl (C=O) groups is 3. The lowest BCUT2D eigenvalue weighted by molar-refractivity contribution is -0.131. The maximum atomic E-state index is 14.4. The SMILES string of the molecule is C[C@H](N)C(=O)N[C@@H](CCCN=C(N)N)C(=O)N[C@H](C(=O)N(C1CCCCC1)n1cc(N)nn1)C(=C=O)c1ccccc1. The van der Waals surface area contributed by atoms with Crippen LogP contribution >= 0.6 is 0 Å². The largest absolute Gasteiger partial charge is 0.381 e. The lowest BCUT2D eigenvalue weighted by atomic mass is 9.93. The summed E-state index contributed by atoms with van der Waals surface area (Å²) >= 11 is 0. The fraction of sp³-hybridized carbons (Fsp3) is 0.481. The monoisotopic (exact) mass is 581 g/mol. The molecule has 0 radical (unpaired) electrons. The highest BCUT2D eigenvalue weighted by Crippen LogP contribution is 2.25. The molecule has 3 rings (SSSR count). The lowest BCUT2D eigenvalue weighted by Gasteiger charge is -2.36. The van der Waals surface area contributed by atoms with E-state index in [1.165, 1.54) is 22.9 Å². The second-order valence-corrected chi connectivity index (χ2v) is 10.2. The number of hydrogen-bond donors (Lipinski definition) is 6. The van der Waals surface area contributed by atoms with E-state index in [1.54, 1.807) is 30.3 Å². The average molecular weight is 582 g/mol. The van der Waals surface area contributed by atoms with E-state index in [0.717, 1.165) is 19.3 Å². The van der Waals surface area contributed by atoms with E-state index >= 15 is 0 Å². The van der Waals surface area contributed by atoms with Crippen LogP contribution in [0, 0.1) is 0 Å². The van der Waals surface area contributed by atoms with Gasteiger partial charge < -0.3 is 33.6 Å². The number of nitrogens with two attached hydrogens (primary N) is 4. The number of nitrogens with zero attached hydrogens (tertiary/aromatic N) is 5. The van der Waals surface area contributed by atoms with Crippen molar-refractivity contribution >= 4 is 41.0 Å². The summed E-state index contributed by atoms with van der Waals surface area (Å²) in [7, 11) is 0. The quantitative estimate of drug-likeness (QED) is 0.0725. The summed E-state index contributed by atoms with van der Waals surface area (Å²) < 4.78 is 0. The van der Waals surface area contributed by atoms with Crippen LogP contribution in [0.2, 0.25) is 0 Å². The molecule has 1 aliphatic rings. The Bertz CT molecular complexity index is 1290. The van der Waals surface area contributed by atoms with Gasteiger partial charge in [0.1, 0.15) is 18.0 Å². The third-order valence-corrected chi connectivity index (χ3v) is 6.88. The summed E-state index contributed by atoms with van der Waals surface area (Å²) in [4.78, 5) is 58.1. The van der Waals surface area contributed by atoms with Crippen molar-refractivity contribution in [2.75, 3.05) is 17.3 Å². The molecule has 10 N–H and O–H groups in total. The summed E-state index contributed by atoms with van der Waals surface area (Å²) in [6, 6.07) is 4.63. The molecule has 1 saturated carbocycles. The lowest BCUT2D eigenvalue weighted by Crippen LogP contribution is -2.60. The Morgan fingerprint density at radius 2 is 1.81 bits per heavy atom. The Morgan fingerprint density at radius 3 is 2.38 bits per heavy atom. The maximum Gasteiger partial charge on any atom is 0.270 e. The molecule has 3 amide bonds. The van der Waals surface area contributed by atoms with Crippen molar-refractivity contribution in [3.05, 3.63) is 42.1 Å². The number of guanidine groups is 1. The van der Waals surface area contributed by atoms with E-state index in [9.17, 15) is 19.2 Å². The van der Waals surface area contributed by atoms with Crippen LogP contribution in [0.1, 0.15) is 57.4 Å². The van der Waals surface area contributed by atoms with Crippen molar-refractivity contribution in [1.82, 2.24) is 25.7 Å². The maximum absolute atomic E-state index is 14.4. The second kappa shape index (κ2) is 15.3. The molecule has 2 aromatic rings. The number of benzene rings is 1. The van der Waals surface area contributed by atoms with Crippen LogP contribution < -0.4 is 38.6 Å². The van der Waals surface area contributed by atoms with Crippen molar-refractivity contribution in [2.24, 2.45) is 22.2 Å². The number of rotatable bonds is 13. The van der Waals surface area contributed by atoms with Crippen LogP contribution in [-0.4, -0.2) is 75.4 Å². The van der Waals surface area contributed by atoms with Gasteiger partial charge in [0.25, 0.3) is 5.91 Å². The van der Waals surface area contributed by atoms with Crippen LogP contribution in [0.4, 0.5) is 5.82 Å². The van der Waals surface area contributed by atoms with E-state index in [0.29, 0.717) is 24.8 Å². The standard InChI is InChI=1S/C27H39N11O4/c1-17(28)24(40)33-21(13-8-14-32-27(30)31)25(41)34-23(20(16-39)18-9-4-2-5-10-18)26(42)38(19-11-6-3-7-12-19)37-15-22(29)35-36-37/h2,4-5,9-10,15,17,19,21,23H,3,6-8,11-14,28-29H2,1H3,(H,33,40)(H,34,41)(H4,30,31,32)/t17-,21-,23-/m0/s1. The molecule has 0 saturated heterocycles. The molecular weight excluding hydrogens is 542 g/mol. The van der Waals surface area contributed by atoms with Crippen molar-refractivity contribution in [3.8, 4) is 0 Å². The van der Waals surface area contributed by atoms with Gasteiger partial charge in [-0.05, 0) is 43.4 Å². The van der Waals surface area contributed by atoms with Crippen LogP contribution in [0.3, 0.4) is 0 Å². The Kier molecular flexibility index (Phi) is 11.6. The number of amides is 3. The normalized spacial score (nSPS) is 15.4. The number of nitrogens with one attached hydrogen (secondary N) is 2. The van der Waals surface area contributed by atoms with Gasteiger partial charge in [-0.15, -0.1) is 5.10 Å². The zero-order valence-corrected chi connectivity index (χ0v) is 23.6. The van der Waals surface area contributed by atoms with Gasteiger partial charge in [-0.2, -0.15) is 4.79 Å². The van der Waals surface area contributed by atoms with E-state index in [1.807, 2.05) is 5.94 Å². The first-order valence-corrected chi connectivity index (χ1v) is 13.9. The molecule has 1 aromatic heterocycles. The average Bonchev–Trinajstić information content (AvgIpc) is 3.40. The molecule has 0 bridgehead atoms. The van der Waals surface area contributed by atoms with Crippen molar-refractivity contribution in [3.63, 3.8) is 0 Å². The van der Waals surface area contributed by atoms with Gasteiger partial charge in [-0.25, -0.2) is 9.80 Å². The van der Waals surface area contributed by atoms with Gasteiger partial charge in [-0.3, -0.25) is 19.4 Å². The highest BCUT2D eigenvalue weighted by atomic mass is 16.2. The number of anilines is 1. The smallest absolute Gasteiger partial charge is 0.270 e. The first kappa shape index (κ1) is 31.8. The van der Waals surface area contributed by atoms with Crippen molar-refractivity contribution in [1.29, 1.82) is 0 Å². The molecular formula is C27H39N11O4. The molecule has 15 heteroatoms. The number of nitrogen functional groups attached to an aromatic ring is 1. The van der Waals surface area contributed by atoms with Gasteiger partial charge in [-0.1, -0.05) is 49.6 Å². The van der Waals surface area contributed by atoms with Crippen molar-refractivity contribution < 1.29 is 19.2 Å². The van der Waals surface area contributed by atoms with Crippen LogP contribution in [-0.2, 0) is 19.2 Å². The summed E-state index contributed by atoms with van der Waals surface area (Å²) in [6.07, 6.45) is 5.98. The Balaban J connectivity index is 2.01. The molecule has 0 spiro atoms. The van der Waals surface area contributed by atoms with Gasteiger partial charge in [0.2, 0.25) is 11.8 Å². The molecule has 1 aromatic carbocycles. The van der Waals surface area contributed by atoms with Gasteiger partial charge in [0.15, 0.2) is 11.8 Å². The third kappa shape index (κ3) is 8.62. The number of hydrogen-bond acceptors (Lipinski definition) is 9. The molecule has 1 heterocycles. The Hall–Kier alpha value is -4.75. The summed E-state index contributed by atoms with van der Waals surface area (Å²) in [5.41, 5.74) is 22.6. The Labute approximate surface area is 243 Å². The minimum atomic E-state index is -1.49. The first-order valence-electron chi connectivity index (χ1n) is 13.9. The second-order valence-electron chi connectivity index (χ2n) is 10.2. The van der Waals surface area contributed by atoms with E-state index in [2.05, 4.69) is 25.9 Å². The highest BCUT2D eigenvalue weighted by molar-refractivity contribution is 6.09. The molecule has 0 aliphatic heterocycles. The van der Waals surface area contributed by atoms with Gasteiger partial charge in [0, 0.05) is 6.54 Å². The topological polar surface area (TPSA) is 243 Å². The van der Waals surface area contributed by atoms with Crippen molar-refractivity contribution in [2.45, 2.75) is 76.0 Å². The van der Waals surface area contributed by atoms with E-state index in [4.69, 9.17) is 22.9 Å². The number of aliphatic imine (C=N–C) groups is 1. The van der Waals surface area contributed by atoms with E-state index in [-0.39, 0.29) is 36.4 Å². The molecule has 3 atom stereocenters. The Morgan fingerprint density at radius 1 is 1.12 bits per heavy atom. The minimum Gasteiger partial charge on any atom is -0.381 e. The highest BCUT2D eigenvalue weighted by Gasteiger charge is 2.38. The minimum absolute atomic E-state index is 0.0952. The van der Waals surface area contributed by atoms with Gasteiger partial charge >= 0.3 is 0 Å². The molecule has 0 unspecified atom stereocenters. The van der Waals surface area contributed by atoms with Crippen LogP contribution in [0.15, 0.2) is 41.5 Å². The van der Waals surface area contributed by atoms with Gasteiger partial charge in [0.05, 0.1) is 23.9 Å². The zero-order chi connectivity index (χ0) is 30.6. The molecule has 42 heavy (non-hydrogen) atoms. The van der Waals surface area contributed by atoms with Crippen LogP contribution in [0.25, 0.3) is 5.57 Å². The molecule has 1 fully saturated rings. The van der Waals surface area contributed by atoms with E-state index < -0.39 is 35.8 Å². The molecule has 15 nitrogen and oxygen atoms in total. The predicted octanol–water partition coefficient (Wildman–Crippen LogP) is -1.06. The fourth-order valence-electron chi connectivity index (χ4n) is 4.76.